The van der Waals surface area contributed by atoms with Crippen LogP contribution in [0.2, 0.25) is 0 Å². The van der Waals surface area contributed by atoms with Crippen LogP contribution in [0.25, 0.3) is 0 Å². The average molecular weight is 258 g/mol. The minimum Gasteiger partial charge on any atom is -0.493 e. The summed E-state index contributed by atoms with van der Waals surface area (Å²) in [6.45, 7) is 4.66. The molecule has 1 atom stereocenters. The zero-order chi connectivity index (χ0) is 10.6. The minimum atomic E-state index is 0.194. The molecule has 0 fully saturated rings. The van der Waals surface area contributed by atoms with E-state index in [0.717, 1.165) is 16.6 Å². The molecule has 0 radical (unpaired) electrons. The van der Waals surface area contributed by atoms with E-state index >= 15 is 0 Å². The molecular formula is C11H16BrNO. The van der Waals surface area contributed by atoms with E-state index < -0.39 is 0 Å². The van der Waals surface area contributed by atoms with Gasteiger partial charge in [-0.05, 0) is 53.9 Å². The molecule has 0 aliphatic heterocycles. The van der Waals surface area contributed by atoms with E-state index in [1.807, 2.05) is 19.9 Å². The second kappa shape index (κ2) is 5.37. The van der Waals surface area contributed by atoms with E-state index in [-0.39, 0.29) is 6.04 Å². The van der Waals surface area contributed by atoms with Crippen molar-refractivity contribution in [3.63, 3.8) is 0 Å². The molecule has 0 saturated heterocycles. The quantitative estimate of drug-likeness (QED) is 0.901. The highest BCUT2D eigenvalue weighted by molar-refractivity contribution is 9.10. The third-order valence-electron chi connectivity index (χ3n) is 1.85. The lowest BCUT2D eigenvalue weighted by Crippen LogP contribution is -2.17. The molecule has 3 heteroatoms. The normalized spacial score (nSPS) is 12.6. The first kappa shape index (κ1) is 11.5. The SMILES string of the molecule is CCOc1ccc(CC(C)N)cc1Br. The fraction of sp³-hybridized carbons (Fsp3) is 0.455. The van der Waals surface area contributed by atoms with Crippen molar-refractivity contribution >= 4 is 15.9 Å². The highest BCUT2D eigenvalue weighted by Crippen LogP contribution is 2.26. The Hall–Kier alpha value is -0.540. The van der Waals surface area contributed by atoms with Crippen molar-refractivity contribution in [2.75, 3.05) is 6.61 Å². The van der Waals surface area contributed by atoms with Gasteiger partial charge in [-0.2, -0.15) is 0 Å². The fourth-order valence-corrected chi connectivity index (χ4v) is 1.86. The predicted molar refractivity (Wildman–Crippen MR) is 62.7 cm³/mol. The lowest BCUT2D eigenvalue weighted by Gasteiger charge is -2.09. The molecule has 1 aromatic carbocycles. The molecule has 0 heterocycles. The third-order valence-corrected chi connectivity index (χ3v) is 2.47. The summed E-state index contributed by atoms with van der Waals surface area (Å²) in [5.74, 6) is 0.890. The van der Waals surface area contributed by atoms with Crippen LogP contribution in [0.1, 0.15) is 19.4 Å². The molecule has 1 rings (SSSR count). The van der Waals surface area contributed by atoms with Gasteiger partial charge in [-0.15, -0.1) is 0 Å². The van der Waals surface area contributed by atoms with E-state index in [1.165, 1.54) is 5.56 Å². The van der Waals surface area contributed by atoms with Crippen LogP contribution in [0.15, 0.2) is 22.7 Å². The summed E-state index contributed by atoms with van der Waals surface area (Å²) in [7, 11) is 0. The summed E-state index contributed by atoms with van der Waals surface area (Å²) in [5.41, 5.74) is 6.96. The van der Waals surface area contributed by atoms with E-state index in [0.29, 0.717) is 6.61 Å². The van der Waals surface area contributed by atoms with Crippen LogP contribution in [0.4, 0.5) is 0 Å². The van der Waals surface area contributed by atoms with Crippen molar-refractivity contribution in [3.8, 4) is 5.75 Å². The summed E-state index contributed by atoms with van der Waals surface area (Å²) >= 11 is 3.47. The van der Waals surface area contributed by atoms with E-state index in [4.69, 9.17) is 10.5 Å². The second-order valence-corrected chi connectivity index (χ2v) is 4.23. The third kappa shape index (κ3) is 3.31. The summed E-state index contributed by atoms with van der Waals surface area (Å²) in [6, 6.07) is 6.29. The van der Waals surface area contributed by atoms with Crippen molar-refractivity contribution in [1.82, 2.24) is 0 Å². The number of nitrogens with two attached hydrogens (primary N) is 1. The zero-order valence-electron chi connectivity index (χ0n) is 8.59. The molecule has 0 aliphatic carbocycles. The summed E-state index contributed by atoms with van der Waals surface area (Å²) in [4.78, 5) is 0. The maximum Gasteiger partial charge on any atom is 0.133 e. The largest absolute Gasteiger partial charge is 0.493 e. The number of benzene rings is 1. The van der Waals surface area contributed by atoms with Crippen molar-refractivity contribution < 1.29 is 4.74 Å². The number of hydrogen-bond acceptors (Lipinski definition) is 2. The van der Waals surface area contributed by atoms with Crippen LogP contribution in [-0.2, 0) is 6.42 Å². The Morgan fingerprint density at radius 1 is 1.50 bits per heavy atom. The van der Waals surface area contributed by atoms with Crippen molar-refractivity contribution in [2.24, 2.45) is 5.73 Å². The smallest absolute Gasteiger partial charge is 0.133 e. The molecule has 0 amide bonds. The maximum atomic E-state index is 5.72. The second-order valence-electron chi connectivity index (χ2n) is 3.38. The summed E-state index contributed by atoms with van der Waals surface area (Å²) in [5, 5.41) is 0. The Kier molecular flexibility index (Phi) is 4.42. The van der Waals surface area contributed by atoms with Gasteiger partial charge in [0.2, 0.25) is 0 Å². The van der Waals surface area contributed by atoms with E-state index in [2.05, 4.69) is 28.1 Å². The number of hydrogen-bond donors (Lipinski definition) is 1. The average Bonchev–Trinajstić information content (AvgIpc) is 2.09. The van der Waals surface area contributed by atoms with Crippen molar-refractivity contribution in [2.45, 2.75) is 26.3 Å². The first-order valence-corrected chi connectivity index (χ1v) is 5.59. The van der Waals surface area contributed by atoms with Gasteiger partial charge in [0, 0.05) is 6.04 Å². The van der Waals surface area contributed by atoms with Crippen LogP contribution in [0, 0.1) is 0 Å². The molecule has 0 spiro atoms. The molecule has 2 nitrogen and oxygen atoms in total. The number of halogens is 1. The van der Waals surface area contributed by atoms with Crippen LogP contribution in [0.5, 0.6) is 5.75 Å². The molecule has 0 aromatic heterocycles. The highest BCUT2D eigenvalue weighted by atomic mass is 79.9. The molecule has 0 aliphatic rings. The Morgan fingerprint density at radius 2 is 2.21 bits per heavy atom. The van der Waals surface area contributed by atoms with Crippen LogP contribution in [-0.4, -0.2) is 12.6 Å². The van der Waals surface area contributed by atoms with Gasteiger partial charge < -0.3 is 10.5 Å². The Labute approximate surface area is 93.6 Å². The minimum absolute atomic E-state index is 0.194. The lowest BCUT2D eigenvalue weighted by molar-refractivity contribution is 0.338. The van der Waals surface area contributed by atoms with Crippen molar-refractivity contribution in [3.05, 3.63) is 28.2 Å². The molecule has 2 N–H and O–H groups in total. The first-order valence-electron chi connectivity index (χ1n) is 4.80. The predicted octanol–water partition coefficient (Wildman–Crippen LogP) is 2.74. The summed E-state index contributed by atoms with van der Waals surface area (Å²) < 4.78 is 6.42. The number of ether oxygens (including phenoxy) is 1. The van der Waals surface area contributed by atoms with Gasteiger partial charge in [0.25, 0.3) is 0 Å². The molecular weight excluding hydrogens is 242 g/mol. The molecule has 14 heavy (non-hydrogen) atoms. The van der Waals surface area contributed by atoms with Crippen LogP contribution < -0.4 is 10.5 Å². The molecule has 0 saturated carbocycles. The number of rotatable bonds is 4. The van der Waals surface area contributed by atoms with Gasteiger partial charge in [-0.1, -0.05) is 6.07 Å². The highest BCUT2D eigenvalue weighted by Gasteiger charge is 2.03. The Balaban J connectivity index is 2.78. The zero-order valence-corrected chi connectivity index (χ0v) is 10.2. The molecule has 0 bridgehead atoms. The fourth-order valence-electron chi connectivity index (χ4n) is 1.32. The molecule has 1 unspecified atom stereocenters. The van der Waals surface area contributed by atoms with Gasteiger partial charge in [0.15, 0.2) is 0 Å². The van der Waals surface area contributed by atoms with Gasteiger partial charge in [0.05, 0.1) is 11.1 Å². The lowest BCUT2D eigenvalue weighted by atomic mass is 10.1. The van der Waals surface area contributed by atoms with Crippen molar-refractivity contribution in [1.29, 1.82) is 0 Å². The van der Waals surface area contributed by atoms with Gasteiger partial charge in [-0.25, -0.2) is 0 Å². The summed E-state index contributed by atoms with van der Waals surface area (Å²) in [6.07, 6.45) is 0.894. The first-order chi connectivity index (χ1) is 6.63. The van der Waals surface area contributed by atoms with E-state index in [9.17, 15) is 0 Å². The monoisotopic (exact) mass is 257 g/mol. The van der Waals surface area contributed by atoms with Crippen LogP contribution >= 0.6 is 15.9 Å². The van der Waals surface area contributed by atoms with Gasteiger partial charge >= 0.3 is 0 Å². The van der Waals surface area contributed by atoms with Gasteiger partial charge in [-0.3, -0.25) is 0 Å². The van der Waals surface area contributed by atoms with E-state index in [1.54, 1.807) is 0 Å². The Morgan fingerprint density at radius 3 is 2.71 bits per heavy atom. The topological polar surface area (TPSA) is 35.2 Å². The van der Waals surface area contributed by atoms with Gasteiger partial charge in [0.1, 0.15) is 5.75 Å². The van der Waals surface area contributed by atoms with Crippen LogP contribution in [0.3, 0.4) is 0 Å². The molecule has 78 valence electrons. The standard InChI is InChI=1S/C11H16BrNO/c1-3-14-11-5-4-9(6-8(2)13)7-10(11)12/h4-5,7-8H,3,6,13H2,1-2H3. The molecule has 1 aromatic rings. The Bertz CT molecular complexity index is 299. The maximum absolute atomic E-state index is 5.72.